The Morgan fingerprint density at radius 3 is 3.00 bits per heavy atom. The average Bonchev–Trinajstić information content (AvgIpc) is 2.31. The minimum atomic E-state index is -0.252. The van der Waals surface area contributed by atoms with Crippen molar-refractivity contribution >= 4 is 45.6 Å². The zero-order valence-electron chi connectivity index (χ0n) is 9.43. The fourth-order valence-corrected chi connectivity index (χ4v) is 1.89. The first-order valence-electron chi connectivity index (χ1n) is 5.13. The first-order valence-corrected chi connectivity index (χ1v) is 6.61. The molecule has 17 heavy (non-hydrogen) atoms. The molecule has 0 aromatic heterocycles. The molecule has 0 atom stereocenters. The van der Waals surface area contributed by atoms with Crippen molar-refractivity contribution in [2.75, 3.05) is 25.6 Å². The normalized spacial score (nSPS) is 10.1. The Balaban J connectivity index is 2.43. The van der Waals surface area contributed by atoms with Crippen molar-refractivity contribution < 1.29 is 9.13 Å². The van der Waals surface area contributed by atoms with Crippen molar-refractivity contribution in [3.05, 3.63) is 27.6 Å². The number of anilines is 1. The van der Waals surface area contributed by atoms with E-state index >= 15 is 0 Å². The number of rotatable bonds is 5. The Morgan fingerprint density at radius 1 is 1.53 bits per heavy atom. The fraction of sp³-hybridized carbons (Fsp3) is 0.364. The van der Waals surface area contributed by atoms with Crippen LogP contribution >= 0.6 is 34.8 Å². The van der Waals surface area contributed by atoms with Gasteiger partial charge in [-0.25, -0.2) is 4.39 Å². The molecule has 0 saturated carbocycles. The van der Waals surface area contributed by atoms with Crippen molar-refractivity contribution in [1.29, 1.82) is 0 Å². The largest absolute Gasteiger partial charge is 0.385 e. The Bertz CT molecular complexity index is 390. The first-order chi connectivity index (χ1) is 8.15. The van der Waals surface area contributed by atoms with Gasteiger partial charge in [0.2, 0.25) is 0 Å². The van der Waals surface area contributed by atoms with Crippen LogP contribution in [0.3, 0.4) is 0 Å². The molecule has 6 heteroatoms. The molecule has 1 aromatic rings. The van der Waals surface area contributed by atoms with Crippen molar-refractivity contribution in [3.63, 3.8) is 0 Å². The van der Waals surface area contributed by atoms with Crippen molar-refractivity contribution in [2.24, 2.45) is 0 Å². The summed E-state index contributed by atoms with van der Waals surface area (Å²) in [6.07, 6.45) is 0.874. The van der Waals surface area contributed by atoms with Gasteiger partial charge in [-0.2, -0.15) is 0 Å². The van der Waals surface area contributed by atoms with Crippen LogP contribution in [0, 0.1) is 9.39 Å². The zero-order valence-corrected chi connectivity index (χ0v) is 12.4. The summed E-state index contributed by atoms with van der Waals surface area (Å²) >= 11 is 7.04. The van der Waals surface area contributed by atoms with Crippen LogP contribution in [0.1, 0.15) is 6.42 Å². The Labute approximate surface area is 119 Å². The molecule has 0 fully saturated rings. The summed E-state index contributed by atoms with van der Waals surface area (Å²) in [5, 5.41) is 6.48. The zero-order chi connectivity index (χ0) is 12.7. The third kappa shape index (κ3) is 5.13. The number of methoxy groups -OCH3 is 1. The second kappa shape index (κ2) is 7.78. The van der Waals surface area contributed by atoms with Gasteiger partial charge in [0, 0.05) is 20.3 Å². The first kappa shape index (κ1) is 14.6. The second-order valence-corrected chi connectivity index (χ2v) is 4.82. The highest BCUT2D eigenvalue weighted by molar-refractivity contribution is 14.1. The van der Waals surface area contributed by atoms with Gasteiger partial charge in [-0.3, -0.25) is 0 Å². The summed E-state index contributed by atoms with van der Waals surface area (Å²) in [7, 11) is 1.66. The number of hydrogen-bond acceptors (Lipinski definition) is 2. The lowest BCUT2D eigenvalue weighted by molar-refractivity contribution is 0.196. The molecule has 0 saturated heterocycles. The molecule has 94 valence electrons. The third-order valence-corrected chi connectivity index (χ3v) is 3.35. The van der Waals surface area contributed by atoms with Crippen LogP contribution in [0.25, 0.3) is 0 Å². The summed E-state index contributed by atoms with van der Waals surface area (Å²) in [6, 6.07) is 4.85. The van der Waals surface area contributed by atoms with E-state index < -0.39 is 0 Å². The van der Waals surface area contributed by atoms with Crippen LogP contribution in [0.2, 0.25) is 0 Å². The van der Waals surface area contributed by atoms with Crippen molar-refractivity contribution in [3.8, 4) is 0 Å². The van der Waals surface area contributed by atoms with Gasteiger partial charge in [0.1, 0.15) is 5.82 Å². The van der Waals surface area contributed by atoms with Crippen LogP contribution in [0.15, 0.2) is 18.2 Å². The lowest BCUT2D eigenvalue weighted by Gasteiger charge is -2.11. The minimum Gasteiger partial charge on any atom is -0.385 e. The number of hydrogen-bond donors (Lipinski definition) is 2. The molecule has 1 rings (SSSR count). The molecule has 0 aliphatic rings. The van der Waals surface area contributed by atoms with Gasteiger partial charge >= 0.3 is 0 Å². The van der Waals surface area contributed by atoms with E-state index in [1.165, 1.54) is 6.07 Å². The summed E-state index contributed by atoms with van der Waals surface area (Å²) < 4.78 is 18.7. The van der Waals surface area contributed by atoms with Gasteiger partial charge in [0.05, 0.1) is 9.26 Å². The lowest BCUT2D eigenvalue weighted by Crippen LogP contribution is -2.30. The van der Waals surface area contributed by atoms with Crippen LogP contribution in [0.4, 0.5) is 10.1 Å². The van der Waals surface area contributed by atoms with E-state index in [9.17, 15) is 4.39 Å². The van der Waals surface area contributed by atoms with E-state index in [1.807, 2.05) is 22.6 Å². The van der Waals surface area contributed by atoms with E-state index in [0.29, 0.717) is 21.0 Å². The predicted molar refractivity (Wildman–Crippen MR) is 79.8 cm³/mol. The number of thiocarbonyl (C=S) groups is 1. The van der Waals surface area contributed by atoms with Gasteiger partial charge in [-0.1, -0.05) is 6.07 Å². The quantitative estimate of drug-likeness (QED) is 0.476. The molecule has 0 radical (unpaired) electrons. The van der Waals surface area contributed by atoms with Gasteiger partial charge in [-0.05, 0) is 53.4 Å². The standard InChI is InChI=1S/C11H14FIN2OS/c1-16-7-3-6-14-11(17)15-9-5-2-4-8(12)10(9)13/h2,4-5H,3,6-7H2,1H3,(H2,14,15,17). The number of benzene rings is 1. The fourth-order valence-electron chi connectivity index (χ4n) is 1.19. The highest BCUT2D eigenvalue weighted by Gasteiger charge is 2.05. The number of halogens is 2. The van der Waals surface area contributed by atoms with Gasteiger partial charge in [-0.15, -0.1) is 0 Å². The molecule has 0 aliphatic carbocycles. The molecule has 0 spiro atoms. The average molecular weight is 368 g/mol. The van der Waals surface area contributed by atoms with Crippen molar-refractivity contribution in [2.45, 2.75) is 6.42 Å². The van der Waals surface area contributed by atoms with Crippen molar-refractivity contribution in [1.82, 2.24) is 5.32 Å². The van der Waals surface area contributed by atoms with Gasteiger partial charge in [0.25, 0.3) is 0 Å². The van der Waals surface area contributed by atoms with E-state index in [-0.39, 0.29) is 5.82 Å². The van der Waals surface area contributed by atoms with Crippen LogP contribution < -0.4 is 10.6 Å². The summed E-state index contributed by atoms with van der Waals surface area (Å²) in [5.74, 6) is -0.252. The summed E-state index contributed by atoms with van der Waals surface area (Å²) in [4.78, 5) is 0. The molecule has 1 aromatic carbocycles. The number of nitrogens with one attached hydrogen (secondary N) is 2. The maximum atomic E-state index is 13.3. The highest BCUT2D eigenvalue weighted by atomic mass is 127. The highest BCUT2D eigenvalue weighted by Crippen LogP contribution is 2.20. The SMILES string of the molecule is COCCCNC(=S)Nc1cccc(F)c1I. The number of ether oxygens (including phenoxy) is 1. The molecule has 2 N–H and O–H groups in total. The van der Waals surface area contributed by atoms with E-state index in [4.69, 9.17) is 17.0 Å². The van der Waals surface area contributed by atoms with Gasteiger partial charge < -0.3 is 15.4 Å². The molecule has 0 heterocycles. The second-order valence-electron chi connectivity index (χ2n) is 3.33. The molecule has 3 nitrogen and oxygen atoms in total. The molecule has 0 unspecified atom stereocenters. The Hall–Kier alpha value is -0.470. The molecular weight excluding hydrogens is 354 g/mol. The smallest absolute Gasteiger partial charge is 0.170 e. The minimum absolute atomic E-state index is 0.252. The Morgan fingerprint density at radius 2 is 2.29 bits per heavy atom. The summed E-state index contributed by atoms with van der Waals surface area (Å²) in [6.45, 7) is 1.42. The van der Waals surface area contributed by atoms with Crippen LogP contribution in [-0.2, 0) is 4.74 Å². The third-order valence-electron chi connectivity index (χ3n) is 2.01. The lowest BCUT2D eigenvalue weighted by atomic mass is 10.3. The topological polar surface area (TPSA) is 33.3 Å². The van der Waals surface area contributed by atoms with Crippen LogP contribution in [-0.4, -0.2) is 25.4 Å². The monoisotopic (exact) mass is 368 g/mol. The molecule has 0 bridgehead atoms. The van der Waals surface area contributed by atoms with E-state index in [2.05, 4.69) is 10.6 Å². The Kier molecular flexibility index (Phi) is 6.68. The predicted octanol–water partition coefficient (Wildman–Crippen LogP) is 2.75. The van der Waals surface area contributed by atoms with Crippen LogP contribution in [0.5, 0.6) is 0 Å². The maximum absolute atomic E-state index is 13.3. The molecular formula is C11H14FIN2OS. The summed E-state index contributed by atoms with van der Waals surface area (Å²) in [5.41, 5.74) is 0.676. The maximum Gasteiger partial charge on any atom is 0.170 e. The van der Waals surface area contributed by atoms with E-state index in [1.54, 1.807) is 19.2 Å². The molecule has 0 amide bonds. The molecule has 0 aliphatic heterocycles. The van der Waals surface area contributed by atoms with Gasteiger partial charge in [0.15, 0.2) is 5.11 Å². The van der Waals surface area contributed by atoms with E-state index in [0.717, 1.165) is 13.0 Å².